The number of allylic oxidation sites excluding steroid dienone is 1. The molecule has 6 heterocycles. The molecule has 1 aliphatic heterocycles. The Morgan fingerprint density at radius 2 is 1.83 bits per heavy atom. The van der Waals surface area contributed by atoms with Crippen LogP contribution in [0.2, 0.25) is 0 Å². The molecule has 0 saturated carbocycles. The van der Waals surface area contributed by atoms with E-state index in [2.05, 4.69) is 67.7 Å². The number of pyridine rings is 3. The average molecular weight is 630 g/mol. The number of aromatic nitrogens is 7. The zero-order chi connectivity index (χ0) is 32.5. The molecule has 10 heteroatoms. The molecule has 0 atom stereocenters. The van der Waals surface area contributed by atoms with E-state index in [1.165, 1.54) is 32.0 Å². The molecule has 5 aromatic heterocycles. The van der Waals surface area contributed by atoms with Crippen molar-refractivity contribution >= 4 is 27.8 Å². The Labute approximate surface area is 273 Å². The van der Waals surface area contributed by atoms with E-state index in [1.54, 1.807) is 24.7 Å². The predicted molar refractivity (Wildman–Crippen MR) is 186 cm³/mol. The molecular formula is C37H40FN9. The molecule has 0 radical (unpaired) electrons. The van der Waals surface area contributed by atoms with Crippen LogP contribution in [0.4, 0.5) is 10.1 Å². The van der Waals surface area contributed by atoms with Gasteiger partial charge in [0.25, 0.3) is 0 Å². The maximum atomic E-state index is 14.9. The maximum absolute atomic E-state index is 14.9. The lowest BCUT2D eigenvalue weighted by molar-refractivity contribution is 0.334. The Kier molecular flexibility index (Phi) is 8.28. The summed E-state index contributed by atoms with van der Waals surface area (Å²) in [6, 6.07) is 11.2. The number of likely N-dealkylation sites (tertiary alicyclic amines) is 1. The van der Waals surface area contributed by atoms with Crippen LogP contribution in [0.15, 0.2) is 73.5 Å². The Morgan fingerprint density at radius 3 is 2.66 bits per heavy atom. The summed E-state index contributed by atoms with van der Waals surface area (Å²) in [7, 11) is 0. The van der Waals surface area contributed by atoms with Gasteiger partial charge in [0.1, 0.15) is 17.0 Å². The fraction of sp³-hybridized carbons (Fsp3) is 0.324. The molecule has 0 aliphatic carbocycles. The van der Waals surface area contributed by atoms with Crippen molar-refractivity contribution in [2.75, 3.05) is 25.0 Å². The highest BCUT2D eigenvalue weighted by Gasteiger charge is 2.18. The van der Waals surface area contributed by atoms with Gasteiger partial charge in [0, 0.05) is 41.0 Å². The van der Waals surface area contributed by atoms with E-state index in [-0.39, 0.29) is 11.2 Å². The molecule has 0 spiro atoms. The molecule has 240 valence electrons. The minimum atomic E-state index is -0.265. The van der Waals surface area contributed by atoms with Crippen LogP contribution < -0.4 is 5.32 Å². The summed E-state index contributed by atoms with van der Waals surface area (Å²) in [4.78, 5) is 24.6. The number of imidazole rings is 1. The number of hydrogen-bond acceptors (Lipinski definition) is 7. The molecule has 3 N–H and O–H groups in total. The van der Waals surface area contributed by atoms with Gasteiger partial charge in [0.05, 0.1) is 28.5 Å². The topological polar surface area (TPSA) is 111 Å². The highest BCUT2D eigenvalue weighted by Crippen LogP contribution is 2.33. The number of halogens is 1. The van der Waals surface area contributed by atoms with E-state index < -0.39 is 0 Å². The normalized spacial score (nSPS) is 14.0. The standard InChI is InChI=1S/C37H40FN9/c1-23(19-37(2,3)4)42-29-17-26(20-39-22-29)27-18-30-33(45-46-35(30)41-21-27)36-43-31-9-10-40-32(34(31)44-36)25-14-24(15-28(38)16-25)8-7-13-47-11-5-6-12-47/h9-10,14-18,20-22,42H,1,5-8,11-13,19H2,2-4H3,(H,43,44)(H,41,45,46). The van der Waals surface area contributed by atoms with Gasteiger partial charge in [-0.25, -0.2) is 14.4 Å². The summed E-state index contributed by atoms with van der Waals surface area (Å²) in [5.74, 6) is 0.337. The summed E-state index contributed by atoms with van der Waals surface area (Å²) in [5, 5.41) is 11.8. The van der Waals surface area contributed by atoms with Crippen LogP contribution in [-0.2, 0) is 6.42 Å². The smallest absolute Gasteiger partial charge is 0.181 e. The molecule has 1 aliphatic rings. The van der Waals surface area contributed by atoms with E-state index in [9.17, 15) is 4.39 Å². The number of benzene rings is 1. The molecule has 9 nitrogen and oxygen atoms in total. The second kappa shape index (κ2) is 12.7. The van der Waals surface area contributed by atoms with Gasteiger partial charge in [-0.3, -0.25) is 15.1 Å². The van der Waals surface area contributed by atoms with Crippen molar-refractivity contribution in [2.45, 2.75) is 52.9 Å². The average Bonchev–Trinajstić information content (AvgIpc) is 3.79. The van der Waals surface area contributed by atoms with Crippen LogP contribution in [-0.4, -0.2) is 59.7 Å². The van der Waals surface area contributed by atoms with Gasteiger partial charge in [-0.05, 0) is 99.1 Å². The van der Waals surface area contributed by atoms with Crippen molar-refractivity contribution in [3.8, 4) is 33.9 Å². The Hall–Kier alpha value is -4.96. The zero-order valence-corrected chi connectivity index (χ0v) is 27.2. The van der Waals surface area contributed by atoms with Crippen LogP contribution in [0.5, 0.6) is 0 Å². The number of aryl methyl sites for hydroxylation is 1. The lowest BCUT2D eigenvalue weighted by Crippen LogP contribution is -2.20. The molecule has 47 heavy (non-hydrogen) atoms. The lowest BCUT2D eigenvalue weighted by atomic mass is 9.91. The molecule has 6 aromatic rings. The highest BCUT2D eigenvalue weighted by molar-refractivity contribution is 5.96. The molecular weight excluding hydrogens is 589 g/mol. The lowest BCUT2D eigenvalue weighted by Gasteiger charge is -2.20. The van der Waals surface area contributed by atoms with Gasteiger partial charge in [-0.15, -0.1) is 0 Å². The van der Waals surface area contributed by atoms with E-state index in [0.717, 1.165) is 70.3 Å². The number of fused-ring (bicyclic) bond motifs is 2. The second-order valence-electron chi connectivity index (χ2n) is 13.8. The number of aromatic amines is 2. The molecule has 7 rings (SSSR count). The van der Waals surface area contributed by atoms with E-state index in [4.69, 9.17) is 4.98 Å². The van der Waals surface area contributed by atoms with Crippen molar-refractivity contribution < 1.29 is 4.39 Å². The molecule has 0 unspecified atom stereocenters. The van der Waals surface area contributed by atoms with Gasteiger partial charge < -0.3 is 15.2 Å². The third kappa shape index (κ3) is 6.92. The first kappa shape index (κ1) is 30.7. The Balaban J connectivity index is 1.17. The minimum absolute atomic E-state index is 0.127. The first-order chi connectivity index (χ1) is 22.7. The number of nitrogens with zero attached hydrogens (tertiary/aromatic N) is 6. The van der Waals surface area contributed by atoms with Crippen LogP contribution in [0.1, 0.15) is 52.0 Å². The summed E-state index contributed by atoms with van der Waals surface area (Å²) in [6.07, 6.45) is 12.3. The van der Waals surface area contributed by atoms with Crippen molar-refractivity contribution in [3.05, 3.63) is 84.8 Å². The summed E-state index contributed by atoms with van der Waals surface area (Å²) >= 11 is 0. The molecule has 0 amide bonds. The predicted octanol–water partition coefficient (Wildman–Crippen LogP) is 8.15. The number of rotatable bonds is 10. The monoisotopic (exact) mass is 629 g/mol. The second-order valence-corrected chi connectivity index (χ2v) is 13.8. The van der Waals surface area contributed by atoms with Crippen LogP contribution in [0, 0.1) is 11.2 Å². The fourth-order valence-electron chi connectivity index (χ4n) is 6.50. The molecule has 0 bridgehead atoms. The van der Waals surface area contributed by atoms with Gasteiger partial charge in [-0.1, -0.05) is 27.4 Å². The molecule has 1 aromatic carbocycles. The number of anilines is 1. The van der Waals surface area contributed by atoms with Crippen molar-refractivity contribution in [2.24, 2.45) is 5.41 Å². The van der Waals surface area contributed by atoms with Crippen LogP contribution in [0.25, 0.3) is 56.0 Å². The number of hydrogen-bond donors (Lipinski definition) is 3. The first-order valence-electron chi connectivity index (χ1n) is 16.3. The number of nitrogens with one attached hydrogen (secondary N) is 3. The molecule has 1 fully saturated rings. The van der Waals surface area contributed by atoms with E-state index in [0.29, 0.717) is 28.4 Å². The van der Waals surface area contributed by atoms with E-state index >= 15 is 0 Å². The van der Waals surface area contributed by atoms with Gasteiger partial charge in [0.2, 0.25) is 0 Å². The number of H-pyrrole nitrogens is 2. The highest BCUT2D eigenvalue weighted by atomic mass is 19.1. The van der Waals surface area contributed by atoms with Gasteiger partial charge in [0.15, 0.2) is 11.5 Å². The minimum Gasteiger partial charge on any atom is -0.358 e. The first-order valence-corrected chi connectivity index (χ1v) is 16.3. The van der Waals surface area contributed by atoms with Crippen molar-refractivity contribution in [1.82, 2.24) is 40.0 Å². The maximum Gasteiger partial charge on any atom is 0.181 e. The summed E-state index contributed by atoms with van der Waals surface area (Å²) in [5.41, 5.74) is 8.82. The van der Waals surface area contributed by atoms with Gasteiger partial charge in [-0.2, -0.15) is 5.10 Å². The van der Waals surface area contributed by atoms with Gasteiger partial charge >= 0.3 is 0 Å². The summed E-state index contributed by atoms with van der Waals surface area (Å²) < 4.78 is 14.9. The van der Waals surface area contributed by atoms with Crippen molar-refractivity contribution in [3.63, 3.8) is 0 Å². The Bertz CT molecular complexity index is 2060. The Morgan fingerprint density at radius 1 is 1.00 bits per heavy atom. The largest absolute Gasteiger partial charge is 0.358 e. The molecule has 1 saturated heterocycles. The van der Waals surface area contributed by atoms with Crippen LogP contribution >= 0.6 is 0 Å². The van der Waals surface area contributed by atoms with Crippen LogP contribution in [0.3, 0.4) is 0 Å². The zero-order valence-electron chi connectivity index (χ0n) is 27.2. The third-order valence-electron chi connectivity index (χ3n) is 8.55. The SMILES string of the molecule is C=C(CC(C)(C)C)Nc1cncc(-c2cnc3n[nH]c(-c4nc5c(-c6cc(F)cc(CCCN7CCCC7)c6)nccc5[nH]4)c3c2)c1. The quantitative estimate of drug-likeness (QED) is 0.140. The fourth-order valence-corrected chi connectivity index (χ4v) is 6.50. The van der Waals surface area contributed by atoms with E-state index in [1.807, 2.05) is 30.5 Å². The third-order valence-corrected chi connectivity index (χ3v) is 8.55. The van der Waals surface area contributed by atoms with Crippen molar-refractivity contribution in [1.29, 1.82) is 0 Å². The summed E-state index contributed by atoms with van der Waals surface area (Å²) in [6.45, 7) is 14.1.